The number of hydrogen-bond donors (Lipinski definition) is 3. The van der Waals surface area contributed by atoms with Crippen molar-refractivity contribution < 1.29 is 23.9 Å². The molecule has 3 N–H and O–H groups in total. The molecule has 296 valence electrons. The summed E-state index contributed by atoms with van der Waals surface area (Å²) in [7, 11) is 1.66. The number of benzene rings is 2. The van der Waals surface area contributed by atoms with Crippen molar-refractivity contribution in [1.82, 2.24) is 34.1 Å². The Kier molecular flexibility index (Phi) is 10.0. The van der Waals surface area contributed by atoms with Gasteiger partial charge in [0.05, 0.1) is 28.2 Å². The summed E-state index contributed by atoms with van der Waals surface area (Å²) >= 11 is 0. The van der Waals surface area contributed by atoms with Gasteiger partial charge in [0.15, 0.2) is 0 Å². The highest BCUT2D eigenvalue weighted by atomic mass is 19.1. The molecule has 2 aliphatic heterocycles. The molecule has 3 aromatic heterocycles. The van der Waals surface area contributed by atoms with Crippen LogP contribution in [0.15, 0.2) is 59.5 Å². The van der Waals surface area contributed by atoms with E-state index in [1.165, 1.54) is 21.3 Å². The number of carbonyl (C=O) groups excluding carboxylic acids is 3. The van der Waals surface area contributed by atoms with E-state index in [1.807, 2.05) is 35.1 Å². The maximum Gasteiger partial charge on any atom is 0.329 e. The molecular formula is C42H46FN9O5. The Morgan fingerprint density at radius 3 is 2.56 bits per heavy atom. The summed E-state index contributed by atoms with van der Waals surface area (Å²) in [6.45, 7) is 5.14. The van der Waals surface area contributed by atoms with Gasteiger partial charge in [0, 0.05) is 55.3 Å². The molecule has 5 aromatic rings. The lowest BCUT2D eigenvalue weighted by atomic mass is 9.83. The molecule has 1 unspecified atom stereocenters. The molecule has 14 nitrogen and oxygen atoms in total. The Hall–Kier alpha value is -5.72. The number of nitrogens with zero attached hydrogens (tertiary/aromatic N) is 7. The number of imide groups is 1. The minimum absolute atomic E-state index is 0.0969. The molecule has 3 amide bonds. The molecule has 15 heteroatoms. The van der Waals surface area contributed by atoms with E-state index in [4.69, 9.17) is 5.10 Å². The molecule has 5 heterocycles. The summed E-state index contributed by atoms with van der Waals surface area (Å²) in [6, 6.07) is 15.1. The van der Waals surface area contributed by atoms with E-state index in [-0.39, 0.29) is 41.9 Å². The third-order valence-electron chi connectivity index (χ3n) is 12.1. The van der Waals surface area contributed by atoms with Gasteiger partial charge in [-0.25, -0.2) is 14.2 Å². The number of hydrogen-bond acceptors (Lipinski definition) is 9. The number of rotatable bonds is 8. The molecule has 0 bridgehead atoms. The van der Waals surface area contributed by atoms with E-state index in [1.54, 1.807) is 39.1 Å². The third-order valence-corrected chi connectivity index (χ3v) is 12.1. The zero-order chi connectivity index (χ0) is 40.2. The first-order valence-corrected chi connectivity index (χ1v) is 19.6. The number of amides is 3. The molecule has 0 spiro atoms. The smallest absolute Gasteiger partial charge is 0.329 e. The molecule has 1 saturated carbocycles. The highest BCUT2D eigenvalue weighted by Gasteiger charge is 2.36. The highest BCUT2D eigenvalue weighted by molar-refractivity contribution is 6.04. The van der Waals surface area contributed by atoms with Crippen LogP contribution >= 0.6 is 0 Å². The van der Waals surface area contributed by atoms with Gasteiger partial charge in [-0.05, 0) is 101 Å². The lowest BCUT2D eigenvalue weighted by Gasteiger charge is -2.38. The molecule has 3 fully saturated rings. The van der Waals surface area contributed by atoms with Crippen LogP contribution in [0.25, 0.3) is 21.9 Å². The molecule has 3 atom stereocenters. The summed E-state index contributed by atoms with van der Waals surface area (Å²) < 4.78 is 21.1. The summed E-state index contributed by atoms with van der Waals surface area (Å²) in [4.78, 5) is 57.4. The normalized spacial score (nSPS) is 23.4. The predicted molar refractivity (Wildman–Crippen MR) is 210 cm³/mol. The molecule has 3 aliphatic rings. The minimum atomic E-state index is -1.27. The number of para-hydroxylation sites is 1. The van der Waals surface area contributed by atoms with Crippen molar-refractivity contribution in [3.05, 3.63) is 87.7 Å². The lowest BCUT2D eigenvalue weighted by molar-refractivity contribution is -0.135. The minimum Gasteiger partial charge on any atom is -0.386 e. The van der Waals surface area contributed by atoms with Gasteiger partial charge in [0.1, 0.15) is 29.7 Å². The molecule has 8 rings (SSSR count). The summed E-state index contributed by atoms with van der Waals surface area (Å²) in [5.74, 6) is -1.31. The second kappa shape index (κ2) is 15.0. The first-order chi connectivity index (χ1) is 27.3. The summed E-state index contributed by atoms with van der Waals surface area (Å²) in [6.07, 6.45) is 5.61. The third kappa shape index (κ3) is 7.35. The zero-order valence-electron chi connectivity index (χ0n) is 32.2. The number of fused-ring (bicyclic) bond motifs is 2. The van der Waals surface area contributed by atoms with Crippen LogP contribution in [-0.4, -0.2) is 77.4 Å². The average Bonchev–Trinajstić information content (AvgIpc) is 3.72. The Labute approximate surface area is 328 Å². The van der Waals surface area contributed by atoms with Crippen LogP contribution in [0.1, 0.15) is 104 Å². The number of likely N-dealkylation sites (tertiary alicyclic amines) is 1. The quantitative estimate of drug-likeness (QED) is 0.184. The van der Waals surface area contributed by atoms with Crippen LogP contribution in [0.3, 0.4) is 0 Å². The van der Waals surface area contributed by atoms with E-state index in [0.717, 1.165) is 49.7 Å². The van der Waals surface area contributed by atoms with E-state index < -0.39 is 35.5 Å². The maximum atomic E-state index is 16.2. The first kappa shape index (κ1) is 38.2. The number of piperidine rings is 2. The number of aryl methyl sites for hydroxylation is 1. The number of aromatic nitrogens is 5. The molecular weight excluding hydrogens is 730 g/mol. The number of carbonyl (C=O) groups is 3. The van der Waals surface area contributed by atoms with Crippen molar-refractivity contribution in [2.45, 2.75) is 88.6 Å². The Morgan fingerprint density at radius 1 is 1.07 bits per heavy atom. The van der Waals surface area contributed by atoms with Gasteiger partial charge in [0.25, 0.3) is 5.91 Å². The Morgan fingerprint density at radius 2 is 1.84 bits per heavy atom. The fourth-order valence-corrected chi connectivity index (χ4v) is 9.14. The number of alkyl halides is 1. The van der Waals surface area contributed by atoms with E-state index in [2.05, 4.69) is 20.5 Å². The predicted octanol–water partition coefficient (Wildman–Crippen LogP) is 4.97. The molecule has 57 heavy (non-hydrogen) atoms. The van der Waals surface area contributed by atoms with Gasteiger partial charge >= 0.3 is 5.69 Å². The standard InChI is InChI=1S/C42H46FN9O5/c1-42(2,57)30-19-33-25(18-34(30)46-39(54)32-8-4-6-26(20-44)45-32)22-51(48-33)27-12-10-24(11-13-27)21-50-17-16-28(31(43)23-50)29-7-5-9-35-38(29)49(3)41(56)52(35)36-14-15-37(53)47-40(36)55/h4-9,18-19,22,24,27-28,31,36,57H,10-17,21,23H2,1-3H3,(H,46,54)(H,47,53,55)/t24?,27?,28-,31+,36?/m0/s1. The van der Waals surface area contributed by atoms with Crippen LogP contribution in [-0.2, 0) is 22.2 Å². The number of pyridine rings is 1. The SMILES string of the molecule is Cn1c(=O)n(C2CCC(=O)NC2=O)c2cccc([C@@H]3CCN(CC4CCC(n5cc6cc(NC(=O)c7cccc(C#N)n7)c(C(C)(C)O)cc6n5)CC4)C[C@H]3F)c21. The first-order valence-electron chi connectivity index (χ1n) is 19.6. The van der Waals surface area contributed by atoms with Gasteiger partial charge in [0.2, 0.25) is 11.8 Å². The number of nitriles is 1. The number of halogens is 1. The second-order valence-electron chi connectivity index (χ2n) is 16.3. The fourth-order valence-electron chi connectivity index (χ4n) is 9.14. The molecule has 1 aliphatic carbocycles. The van der Waals surface area contributed by atoms with Crippen molar-refractivity contribution in [3.8, 4) is 6.07 Å². The number of imidazole rings is 1. The van der Waals surface area contributed by atoms with Crippen molar-refractivity contribution in [2.75, 3.05) is 25.0 Å². The van der Waals surface area contributed by atoms with Crippen LogP contribution in [0.2, 0.25) is 0 Å². The monoisotopic (exact) mass is 775 g/mol. The number of anilines is 1. The van der Waals surface area contributed by atoms with Crippen LogP contribution in [0, 0.1) is 17.2 Å². The Bertz CT molecular complexity index is 2500. The second-order valence-corrected chi connectivity index (χ2v) is 16.3. The fraction of sp³-hybridized carbons (Fsp3) is 0.452. The van der Waals surface area contributed by atoms with E-state index in [0.29, 0.717) is 46.7 Å². The van der Waals surface area contributed by atoms with Crippen molar-refractivity contribution in [2.24, 2.45) is 13.0 Å². The Balaban J connectivity index is 0.913. The van der Waals surface area contributed by atoms with E-state index in [9.17, 15) is 29.5 Å². The van der Waals surface area contributed by atoms with Crippen LogP contribution in [0.4, 0.5) is 10.1 Å². The van der Waals surface area contributed by atoms with Gasteiger partial charge in [-0.15, -0.1) is 0 Å². The number of nitrogens with one attached hydrogen (secondary N) is 2. The zero-order valence-corrected chi connectivity index (χ0v) is 32.2. The molecule has 2 saturated heterocycles. The highest BCUT2D eigenvalue weighted by Crippen LogP contribution is 2.39. The largest absolute Gasteiger partial charge is 0.386 e. The van der Waals surface area contributed by atoms with Gasteiger partial charge in [-0.1, -0.05) is 18.2 Å². The van der Waals surface area contributed by atoms with Gasteiger partial charge < -0.3 is 15.3 Å². The summed E-state index contributed by atoms with van der Waals surface area (Å²) in [5, 5.41) is 31.2. The van der Waals surface area contributed by atoms with Crippen molar-refractivity contribution >= 4 is 45.3 Å². The molecule has 0 radical (unpaired) electrons. The van der Waals surface area contributed by atoms with Crippen LogP contribution < -0.4 is 16.3 Å². The van der Waals surface area contributed by atoms with E-state index >= 15 is 4.39 Å². The number of aliphatic hydroxyl groups is 1. The van der Waals surface area contributed by atoms with Gasteiger partial charge in [-0.2, -0.15) is 10.4 Å². The lowest BCUT2D eigenvalue weighted by Crippen LogP contribution is -2.44. The average molecular weight is 776 g/mol. The van der Waals surface area contributed by atoms with Crippen LogP contribution in [0.5, 0.6) is 0 Å². The van der Waals surface area contributed by atoms with Gasteiger partial charge in [-0.3, -0.25) is 33.5 Å². The summed E-state index contributed by atoms with van der Waals surface area (Å²) in [5.41, 5.74) is 2.23. The molecule has 2 aromatic carbocycles. The van der Waals surface area contributed by atoms with Crippen molar-refractivity contribution in [1.29, 1.82) is 5.26 Å². The topological polar surface area (TPSA) is 180 Å². The van der Waals surface area contributed by atoms with Crippen molar-refractivity contribution in [3.63, 3.8) is 0 Å². The maximum absolute atomic E-state index is 16.2.